The van der Waals surface area contributed by atoms with Crippen molar-refractivity contribution in [1.29, 1.82) is 0 Å². The molecule has 0 heterocycles. The second kappa shape index (κ2) is 8.20. The van der Waals surface area contributed by atoms with Gasteiger partial charge in [0, 0.05) is 5.69 Å². The van der Waals surface area contributed by atoms with Crippen LogP contribution in [0.15, 0.2) is 55.1 Å². The maximum atomic E-state index is 11.9. The van der Waals surface area contributed by atoms with Crippen molar-refractivity contribution in [3.63, 3.8) is 0 Å². The van der Waals surface area contributed by atoms with E-state index in [9.17, 15) is 4.79 Å². The van der Waals surface area contributed by atoms with Crippen molar-refractivity contribution in [2.24, 2.45) is 0 Å². The Balaban J connectivity index is 1.80. The summed E-state index contributed by atoms with van der Waals surface area (Å²) < 4.78 is 0. The van der Waals surface area contributed by atoms with Crippen LogP contribution in [-0.2, 0) is 4.79 Å². The lowest BCUT2D eigenvalue weighted by Crippen LogP contribution is -2.39. The number of hydrogen-bond donors (Lipinski definition) is 3. The number of hydrogen-bond acceptors (Lipinski definition) is 3. The molecule has 2 aromatic carbocycles. The average Bonchev–Trinajstić information content (AvgIpc) is 2.59. The summed E-state index contributed by atoms with van der Waals surface area (Å²) in [5, 5.41) is 3.11. The van der Waals surface area contributed by atoms with Gasteiger partial charge in [-0.3, -0.25) is 15.6 Å². The van der Waals surface area contributed by atoms with Gasteiger partial charge in [-0.1, -0.05) is 62.9 Å². The highest BCUT2D eigenvalue weighted by molar-refractivity contribution is 5.81. The minimum absolute atomic E-state index is 0.154. The van der Waals surface area contributed by atoms with Crippen LogP contribution in [0.3, 0.4) is 0 Å². The zero-order chi connectivity index (χ0) is 17.5. The molecule has 126 valence electrons. The lowest BCUT2D eigenvalue weighted by molar-refractivity contribution is -0.120. The first-order chi connectivity index (χ1) is 11.5. The van der Waals surface area contributed by atoms with E-state index in [1.54, 1.807) is 0 Å². The van der Waals surface area contributed by atoms with Crippen LogP contribution in [0, 0.1) is 6.92 Å². The minimum atomic E-state index is -0.154. The van der Waals surface area contributed by atoms with E-state index in [4.69, 9.17) is 0 Å². The summed E-state index contributed by atoms with van der Waals surface area (Å²) in [5.41, 5.74) is 10.5. The number of carbonyl (C=O) groups excluding carboxylic acids is 1. The van der Waals surface area contributed by atoms with Crippen molar-refractivity contribution in [3.05, 3.63) is 71.8 Å². The summed E-state index contributed by atoms with van der Waals surface area (Å²) in [6.45, 7) is 10.5. The van der Waals surface area contributed by atoms with Crippen LogP contribution < -0.4 is 16.2 Å². The van der Waals surface area contributed by atoms with Crippen LogP contribution in [0.2, 0.25) is 0 Å². The van der Waals surface area contributed by atoms with E-state index in [0.29, 0.717) is 11.6 Å². The fourth-order valence-electron chi connectivity index (χ4n) is 2.28. The largest absolute Gasteiger partial charge is 0.376 e. The van der Waals surface area contributed by atoms with Gasteiger partial charge in [-0.15, -0.1) is 0 Å². The molecule has 0 bridgehead atoms. The molecule has 0 unspecified atom stereocenters. The summed E-state index contributed by atoms with van der Waals surface area (Å²) in [6.07, 6.45) is 0. The van der Waals surface area contributed by atoms with Gasteiger partial charge in [0.1, 0.15) is 0 Å². The molecular formula is C20H25N3O. The van der Waals surface area contributed by atoms with Gasteiger partial charge < -0.3 is 5.32 Å². The second-order valence-corrected chi connectivity index (χ2v) is 6.10. The minimum Gasteiger partial charge on any atom is -0.376 e. The first kappa shape index (κ1) is 17.6. The summed E-state index contributed by atoms with van der Waals surface area (Å²) in [7, 11) is 0. The van der Waals surface area contributed by atoms with Crippen LogP contribution in [-0.4, -0.2) is 12.5 Å². The van der Waals surface area contributed by atoms with Crippen molar-refractivity contribution in [3.8, 4) is 0 Å². The molecule has 0 aliphatic rings. The van der Waals surface area contributed by atoms with E-state index >= 15 is 0 Å². The van der Waals surface area contributed by atoms with Crippen LogP contribution in [0.4, 0.5) is 5.69 Å². The van der Waals surface area contributed by atoms with Crippen molar-refractivity contribution >= 4 is 17.3 Å². The number of benzene rings is 2. The molecule has 4 nitrogen and oxygen atoms in total. The highest BCUT2D eigenvalue weighted by atomic mass is 16.2. The quantitative estimate of drug-likeness (QED) is 0.679. The molecule has 24 heavy (non-hydrogen) atoms. The molecule has 0 fully saturated rings. The molecule has 0 radical (unpaired) electrons. The summed E-state index contributed by atoms with van der Waals surface area (Å²) >= 11 is 0. The fraction of sp³-hybridized carbons (Fsp3) is 0.250. The molecule has 0 aliphatic heterocycles. The molecule has 1 amide bonds. The first-order valence-electron chi connectivity index (χ1n) is 8.11. The number of aryl methyl sites for hydroxylation is 1. The third-order valence-corrected chi connectivity index (χ3v) is 3.86. The maximum Gasteiger partial charge on any atom is 0.257 e. The Kier molecular flexibility index (Phi) is 6.01. The summed E-state index contributed by atoms with van der Waals surface area (Å²) in [5.74, 6) is 0.339. The monoisotopic (exact) mass is 323 g/mol. The standard InChI is InChI=1S/C20H25N3O/c1-14(2)17-9-11-18(12-10-17)16(4)22-23-20(24)13-21-19-8-6-5-7-15(19)3/h5-12,14,21-22H,4,13H2,1-3H3,(H,23,24). The molecule has 4 heteroatoms. The van der Waals surface area contributed by atoms with Crippen LogP contribution in [0.1, 0.15) is 36.5 Å². The normalized spacial score (nSPS) is 10.3. The van der Waals surface area contributed by atoms with E-state index < -0.39 is 0 Å². The van der Waals surface area contributed by atoms with E-state index in [1.807, 2.05) is 43.3 Å². The van der Waals surface area contributed by atoms with Gasteiger partial charge in [-0.2, -0.15) is 0 Å². The van der Waals surface area contributed by atoms with Crippen LogP contribution in [0.25, 0.3) is 5.70 Å². The molecule has 2 rings (SSSR count). The van der Waals surface area contributed by atoms with E-state index in [2.05, 4.69) is 48.7 Å². The molecule has 0 spiro atoms. The second-order valence-electron chi connectivity index (χ2n) is 6.10. The molecule has 0 aliphatic carbocycles. The Morgan fingerprint density at radius 2 is 1.71 bits per heavy atom. The Labute approximate surface area is 143 Å². The Morgan fingerprint density at radius 3 is 2.33 bits per heavy atom. The third kappa shape index (κ3) is 4.88. The Bertz CT molecular complexity index is 705. The van der Waals surface area contributed by atoms with Gasteiger partial charge in [0.2, 0.25) is 0 Å². The first-order valence-corrected chi connectivity index (χ1v) is 8.11. The lowest BCUT2D eigenvalue weighted by atomic mass is 10.0. The number of rotatable bonds is 7. The predicted octanol–water partition coefficient (Wildman–Crippen LogP) is 3.82. The van der Waals surface area contributed by atoms with Gasteiger partial charge >= 0.3 is 0 Å². The molecule has 0 aromatic heterocycles. The van der Waals surface area contributed by atoms with Crippen molar-refractivity contribution in [2.75, 3.05) is 11.9 Å². The molecule has 2 aromatic rings. The smallest absolute Gasteiger partial charge is 0.257 e. The highest BCUT2D eigenvalue weighted by Crippen LogP contribution is 2.17. The van der Waals surface area contributed by atoms with E-state index in [1.165, 1.54) is 5.56 Å². The average molecular weight is 323 g/mol. The number of amides is 1. The number of nitrogens with one attached hydrogen (secondary N) is 3. The van der Waals surface area contributed by atoms with Gasteiger partial charge in [0.15, 0.2) is 0 Å². The van der Waals surface area contributed by atoms with Crippen LogP contribution in [0.5, 0.6) is 0 Å². The summed E-state index contributed by atoms with van der Waals surface area (Å²) in [6, 6.07) is 16.0. The lowest BCUT2D eigenvalue weighted by Gasteiger charge is -2.13. The number of anilines is 1. The van der Waals surface area contributed by atoms with Crippen molar-refractivity contribution < 1.29 is 4.79 Å². The van der Waals surface area contributed by atoms with Gasteiger partial charge in [-0.25, -0.2) is 0 Å². The van der Waals surface area contributed by atoms with E-state index in [0.717, 1.165) is 16.8 Å². The maximum absolute atomic E-state index is 11.9. The summed E-state index contributed by atoms with van der Waals surface area (Å²) in [4.78, 5) is 11.9. The molecule has 0 saturated carbocycles. The number of carbonyl (C=O) groups is 1. The molecule has 0 atom stereocenters. The van der Waals surface area contributed by atoms with Gasteiger partial charge in [0.25, 0.3) is 5.91 Å². The van der Waals surface area contributed by atoms with Gasteiger partial charge in [-0.05, 0) is 35.6 Å². The Hall–Kier alpha value is -2.75. The molecule has 3 N–H and O–H groups in total. The predicted molar refractivity (Wildman–Crippen MR) is 101 cm³/mol. The van der Waals surface area contributed by atoms with Gasteiger partial charge in [0.05, 0.1) is 12.2 Å². The van der Waals surface area contributed by atoms with E-state index in [-0.39, 0.29) is 12.5 Å². The van der Waals surface area contributed by atoms with Crippen molar-refractivity contribution in [1.82, 2.24) is 10.9 Å². The molecule has 0 saturated heterocycles. The third-order valence-electron chi connectivity index (χ3n) is 3.86. The Morgan fingerprint density at radius 1 is 1.04 bits per heavy atom. The van der Waals surface area contributed by atoms with Crippen molar-refractivity contribution in [2.45, 2.75) is 26.7 Å². The SMILES string of the molecule is C=C(NNC(=O)CNc1ccccc1C)c1ccc(C(C)C)cc1. The highest BCUT2D eigenvalue weighted by Gasteiger charge is 2.05. The zero-order valence-corrected chi connectivity index (χ0v) is 14.5. The fourth-order valence-corrected chi connectivity index (χ4v) is 2.28. The number of para-hydroxylation sites is 1. The topological polar surface area (TPSA) is 53.2 Å². The van der Waals surface area contributed by atoms with Crippen LogP contribution >= 0.6 is 0 Å². The molecular weight excluding hydrogens is 298 g/mol. The zero-order valence-electron chi connectivity index (χ0n) is 14.5. The number of hydrazine groups is 1.